The summed E-state index contributed by atoms with van der Waals surface area (Å²) in [6, 6.07) is 1.02. The minimum atomic E-state index is -4.21. The zero-order chi connectivity index (χ0) is 13.5. The minimum absolute atomic E-state index is 0.299. The highest BCUT2D eigenvalue weighted by Crippen LogP contribution is 2.34. The monoisotopic (exact) mass is 264 g/mol. The summed E-state index contributed by atoms with van der Waals surface area (Å²) in [5, 5.41) is 17.9. The Morgan fingerprint density at radius 3 is 2.67 bits per heavy atom. The Morgan fingerprint density at radius 2 is 2.17 bits per heavy atom. The van der Waals surface area contributed by atoms with Gasteiger partial charge in [-0.15, -0.1) is 0 Å². The van der Waals surface area contributed by atoms with E-state index in [1.54, 1.807) is 0 Å². The molecule has 0 spiro atoms. The lowest BCUT2D eigenvalue weighted by atomic mass is 10.1. The molecule has 3 atom stereocenters. The molecule has 1 aromatic rings. The lowest BCUT2D eigenvalue weighted by Crippen LogP contribution is -2.40. The number of alkyl halides is 2. The summed E-state index contributed by atoms with van der Waals surface area (Å²) in [6.07, 6.45) is -8.34. The van der Waals surface area contributed by atoms with Gasteiger partial charge in [0.2, 0.25) is 0 Å². The molecule has 3 N–H and O–H groups in total. The molecule has 100 valence electrons. The number of rotatable bonds is 2. The second-order valence-corrected chi connectivity index (χ2v) is 3.92. The molecule has 1 aliphatic heterocycles. The number of nitrogens with one attached hydrogen (secondary N) is 1. The van der Waals surface area contributed by atoms with Crippen LogP contribution in [0, 0.1) is 0 Å². The Kier molecular flexibility index (Phi) is 3.05. The van der Waals surface area contributed by atoms with E-state index in [0.717, 1.165) is 16.8 Å². The maximum Gasteiger partial charge on any atom is 0.382 e. The summed E-state index contributed by atoms with van der Waals surface area (Å²) in [7, 11) is 0. The van der Waals surface area contributed by atoms with Crippen LogP contribution in [0.5, 0.6) is 0 Å². The van der Waals surface area contributed by atoms with Crippen LogP contribution >= 0.6 is 0 Å². The lowest BCUT2D eigenvalue weighted by molar-refractivity contribution is -0.282. The van der Waals surface area contributed by atoms with E-state index >= 15 is 0 Å². The van der Waals surface area contributed by atoms with Crippen LogP contribution in [0.3, 0.4) is 0 Å². The molecule has 0 aromatic carbocycles. The molecule has 1 aromatic heterocycles. The van der Waals surface area contributed by atoms with Crippen molar-refractivity contribution in [2.45, 2.75) is 31.0 Å². The smallest absolute Gasteiger partial charge is 0.382 e. The summed E-state index contributed by atoms with van der Waals surface area (Å²) in [5.74, 6) is 0. The van der Waals surface area contributed by atoms with Crippen LogP contribution < -0.4 is 11.2 Å². The number of ether oxygens (including phenoxy) is 1. The zero-order valence-electron chi connectivity index (χ0n) is 8.92. The van der Waals surface area contributed by atoms with E-state index in [4.69, 9.17) is 9.84 Å². The molecule has 3 unspecified atom stereocenters. The van der Waals surface area contributed by atoms with Gasteiger partial charge < -0.3 is 14.9 Å². The first-order chi connectivity index (χ1) is 8.29. The highest BCUT2D eigenvalue weighted by molar-refractivity contribution is 4.90. The molecule has 2 rings (SSSR count). The fraction of sp³-hybridized carbons (Fsp3) is 0.556. The molecule has 1 aliphatic rings. The van der Waals surface area contributed by atoms with Gasteiger partial charge in [0.05, 0.1) is 6.10 Å². The molecule has 0 radical (unpaired) electrons. The van der Waals surface area contributed by atoms with Gasteiger partial charge in [0.25, 0.3) is 5.56 Å². The summed E-state index contributed by atoms with van der Waals surface area (Å²) in [4.78, 5) is 24.1. The summed E-state index contributed by atoms with van der Waals surface area (Å²) >= 11 is 0. The Balaban J connectivity index is 2.27. The topological polar surface area (TPSA) is 105 Å². The number of halogens is 2. The van der Waals surface area contributed by atoms with Crippen LogP contribution in [0.4, 0.5) is 8.78 Å². The molecule has 1 fully saturated rings. The van der Waals surface area contributed by atoms with Crippen molar-refractivity contribution in [3.8, 4) is 0 Å². The second-order valence-electron chi connectivity index (χ2n) is 3.92. The molecule has 0 amide bonds. The molecule has 18 heavy (non-hydrogen) atoms. The van der Waals surface area contributed by atoms with Crippen molar-refractivity contribution < 1.29 is 23.7 Å². The van der Waals surface area contributed by atoms with E-state index in [1.807, 2.05) is 4.98 Å². The van der Waals surface area contributed by atoms with Crippen LogP contribution in [-0.2, 0) is 4.74 Å². The molecule has 0 saturated carbocycles. The van der Waals surface area contributed by atoms with Crippen LogP contribution in [0.15, 0.2) is 21.9 Å². The molecular weight excluding hydrogens is 254 g/mol. The maximum absolute atomic E-state index is 12.7. The molecule has 2 heterocycles. The number of aromatic nitrogens is 2. The van der Waals surface area contributed by atoms with Crippen molar-refractivity contribution in [3.05, 3.63) is 33.1 Å². The third-order valence-corrected chi connectivity index (χ3v) is 2.60. The van der Waals surface area contributed by atoms with E-state index in [0.29, 0.717) is 0 Å². The summed E-state index contributed by atoms with van der Waals surface area (Å²) in [5.41, 5.74) is -1.49. The van der Waals surface area contributed by atoms with Crippen LogP contribution in [0.2, 0.25) is 0 Å². The van der Waals surface area contributed by atoms with E-state index in [-0.39, 0.29) is 6.42 Å². The van der Waals surface area contributed by atoms with Gasteiger partial charge in [0.1, 0.15) is 6.23 Å². The van der Waals surface area contributed by atoms with Crippen molar-refractivity contribution in [2.24, 2.45) is 0 Å². The van der Waals surface area contributed by atoms with Gasteiger partial charge >= 0.3 is 11.8 Å². The van der Waals surface area contributed by atoms with Crippen molar-refractivity contribution in [2.75, 3.05) is 0 Å². The fourth-order valence-corrected chi connectivity index (χ4v) is 1.79. The third-order valence-electron chi connectivity index (χ3n) is 2.60. The number of nitrogens with zero attached hydrogens (tertiary/aromatic N) is 1. The standard InChI is InChI=1S/C9H10F2N2O5/c10-9(11,17)7-4(14)3-6(18-7)13-2-1-5(15)12-8(13)16/h1-2,4,6-7,14,17H,3H2,(H,12,15,16). The molecule has 7 nitrogen and oxygen atoms in total. The number of H-pyrrole nitrogens is 1. The lowest BCUT2D eigenvalue weighted by Gasteiger charge is -2.20. The van der Waals surface area contributed by atoms with Crippen molar-refractivity contribution in [1.82, 2.24) is 9.55 Å². The molecule has 9 heteroatoms. The molecule has 1 saturated heterocycles. The summed E-state index contributed by atoms with van der Waals surface area (Å²) < 4.78 is 30.9. The zero-order valence-corrected chi connectivity index (χ0v) is 8.92. The maximum atomic E-state index is 12.7. The highest BCUT2D eigenvalue weighted by atomic mass is 19.3. The largest absolute Gasteiger partial charge is 0.390 e. The first-order valence-electron chi connectivity index (χ1n) is 5.04. The predicted molar refractivity (Wildman–Crippen MR) is 53.0 cm³/mol. The van der Waals surface area contributed by atoms with Gasteiger partial charge in [0.15, 0.2) is 6.10 Å². The first-order valence-corrected chi connectivity index (χ1v) is 5.04. The summed E-state index contributed by atoms with van der Waals surface area (Å²) in [6.45, 7) is 0. The van der Waals surface area contributed by atoms with Gasteiger partial charge in [-0.2, -0.15) is 8.78 Å². The van der Waals surface area contributed by atoms with Crippen molar-refractivity contribution in [1.29, 1.82) is 0 Å². The average Bonchev–Trinajstić information content (AvgIpc) is 2.59. The van der Waals surface area contributed by atoms with Gasteiger partial charge in [-0.3, -0.25) is 14.3 Å². The minimum Gasteiger partial charge on any atom is -0.390 e. The highest BCUT2D eigenvalue weighted by Gasteiger charge is 2.50. The van der Waals surface area contributed by atoms with Gasteiger partial charge in [0, 0.05) is 18.7 Å². The third kappa shape index (κ3) is 2.33. The van der Waals surface area contributed by atoms with E-state index in [1.165, 1.54) is 0 Å². The average molecular weight is 264 g/mol. The molecular formula is C9H10F2N2O5. The van der Waals surface area contributed by atoms with Gasteiger partial charge in [-0.25, -0.2) is 4.79 Å². The number of aromatic amines is 1. The molecule has 0 aliphatic carbocycles. The van der Waals surface area contributed by atoms with Gasteiger partial charge in [-0.05, 0) is 0 Å². The van der Waals surface area contributed by atoms with E-state index in [2.05, 4.69) is 0 Å². The fourth-order valence-electron chi connectivity index (χ4n) is 1.79. The van der Waals surface area contributed by atoms with Crippen LogP contribution in [-0.4, -0.2) is 38.1 Å². The Bertz CT molecular complexity index is 549. The Morgan fingerprint density at radius 1 is 1.50 bits per heavy atom. The Hall–Kier alpha value is -1.58. The predicted octanol–water partition coefficient (Wildman–Crippen LogP) is -1.23. The SMILES string of the molecule is O=c1ccn(C2CC(O)C(C(O)(F)F)O2)c(=O)[nH]1. The number of hydrogen-bond donors (Lipinski definition) is 3. The second kappa shape index (κ2) is 4.26. The van der Waals surface area contributed by atoms with Crippen LogP contribution in [0.1, 0.15) is 12.6 Å². The van der Waals surface area contributed by atoms with Gasteiger partial charge in [-0.1, -0.05) is 0 Å². The first kappa shape index (κ1) is 12.9. The number of hydrogen-bond acceptors (Lipinski definition) is 5. The van der Waals surface area contributed by atoms with Crippen molar-refractivity contribution in [3.63, 3.8) is 0 Å². The molecule has 0 bridgehead atoms. The van der Waals surface area contributed by atoms with Crippen molar-refractivity contribution >= 4 is 0 Å². The number of aliphatic hydroxyl groups excluding tert-OH is 1. The number of aliphatic hydroxyl groups is 2. The van der Waals surface area contributed by atoms with E-state index < -0.39 is 35.8 Å². The van der Waals surface area contributed by atoms with E-state index in [9.17, 15) is 23.5 Å². The normalized spacial score (nSPS) is 28.6. The quantitative estimate of drug-likeness (QED) is 0.620. The Labute approximate surface area is 98.3 Å². The van der Waals surface area contributed by atoms with Crippen LogP contribution in [0.25, 0.3) is 0 Å².